The topological polar surface area (TPSA) is 101 Å². The second-order valence-corrected chi connectivity index (χ2v) is 9.68. The van der Waals surface area contributed by atoms with Crippen molar-refractivity contribution in [2.75, 3.05) is 6.26 Å². The number of thioether (sulfide) groups is 1. The number of benzene rings is 2. The Balaban J connectivity index is 1.35. The zero-order chi connectivity index (χ0) is 25.7. The van der Waals surface area contributed by atoms with E-state index in [0.717, 1.165) is 22.7 Å². The van der Waals surface area contributed by atoms with Crippen LogP contribution in [0.4, 0.5) is 4.39 Å². The lowest BCUT2D eigenvalue weighted by atomic mass is 9.90. The lowest BCUT2D eigenvalue weighted by Gasteiger charge is -2.30. The van der Waals surface area contributed by atoms with Crippen LogP contribution in [-0.4, -0.2) is 40.2 Å². The number of aromatic hydroxyl groups is 1. The number of halogens is 1. The maximum atomic E-state index is 13.9. The number of carbonyl (C=O) groups is 2. The maximum Gasteiger partial charge on any atom is 0.257 e. The van der Waals surface area contributed by atoms with Crippen LogP contribution in [0.5, 0.6) is 17.4 Å². The first kappa shape index (κ1) is 25.5. The van der Waals surface area contributed by atoms with E-state index in [9.17, 15) is 19.1 Å². The molecule has 0 unspecified atom stereocenters. The van der Waals surface area contributed by atoms with E-state index in [1.165, 1.54) is 0 Å². The van der Waals surface area contributed by atoms with Gasteiger partial charge in [-0.2, -0.15) is 0 Å². The Hall–Kier alpha value is -3.59. The fourth-order valence-electron chi connectivity index (χ4n) is 4.19. The van der Waals surface area contributed by atoms with Crippen LogP contribution in [0.3, 0.4) is 0 Å². The van der Waals surface area contributed by atoms with Gasteiger partial charge in [0.15, 0.2) is 0 Å². The standard InChI is InChI=1S/C27H28FN3O4S/c1-16-6-11-22(24(32)12-16)25(33)30-18-7-9-19(10-8-18)31-26(34)23-13-17(28)15-29-27(23)35-20-4-3-5-21(14-20)36-2/h3-6,11-15,18-19,32H,7-10H2,1-2H3,(H,30,33)(H,31,34). The first-order valence-electron chi connectivity index (χ1n) is 11.7. The van der Waals surface area contributed by atoms with Crippen molar-refractivity contribution in [3.63, 3.8) is 0 Å². The minimum Gasteiger partial charge on any atom is -0.507 e. The van der Waals surface area contributed by atoms with Crippen molar-refractivity contribution in [2.24, 2.45) is 0 Å². The van der Waals surface area contributed by atoms with Crippen LogP contribution in [0, 0.1) is 12.7 Å². The fourth-order valence-corrected chi connectivity index (χ4v) is 4.64. The molecule has 1 aromatic heterocycles. The molecule has 1 aliphatic rings. The molecule has 1 heterocycles. The highest BCUT2D eigenvalue weighted by Gasteiger charge is 2.26. The minimum absolute atomic E-state index is 0.0230. The number of aromatic nitrogens is 1. The van der Waals surface area contributed by atoms with Gasteiger partial charge in [-0.25, -0.2) is 9.37 Å². The molecule has 3 aromatic rings. The molecule has 188 valence electrons. The van der Waals surface area contributed by atoms with Gasteiger partial charge in [-0.1, -0.05) is 12.1 Å². The average Bonchev–Trinajstić information content (AvgIpc) is 2.86. The Labute approximate surface area is 213 Å². The normalized spacial score (nSPS) is 17.3. The van der Waals surface area contributed by atoms with Crippen molar-refractivity contribution in [1.82, 2.24) is 15.6 Å². The maximum absolute atomic E-state index is 13.9. The van der Waals surface area contributed by atoms with E-state index in [0.29, 0.717) is 31.4 Å². The monoisotopic (exact) mass is 509 g/mol. The molecule has 2 amide bonds. The van der Waals surface area contributed by atoms with Crippen molar-refractivity contribution in [3.8, 4) is 17.4 Å². The van der Waals surface area contributed by atoms with E-state index in [2.05, 4.69) is 15.6 Å². The number of ether oxygens (including phenoxy) is 1. The van der Waals surface area contributed by atoms with Crippen molar-refractivity contribution in [3.05, 3.63) is 77.2 Å². The highest BCUT2D eigenvalue weighted by Crippen LogP contribution is 2.28. The van der Waals surface area contributed by atoms with Crippen LogP contribution in [0.1, 0.15) is 52.0 Å². The summed E-state index contributed by atoms with van der Waals surface area (Å²) in [7, 11) is 0. The third-order valence-corrected chi connectivity index (χ3v) is 6.84. The molecule has 3 N–H and O–H groups in total. The summed E-state index contributed by atoms with van der Waals surface area (Å²) in [5, 5.41) is 16.0. The second-order valence-electron chi connectivity index (χ2n) is 8.80. The number of nitrogens with zero attached hydrogens (tertiary/aromatic N) is 1. The number of nitrogens with one attached hydrogen (secondary N) is 2. The Bertz CT molecular complexity index is 1260. The lowest BCUT2D eigenvalue weighted by molar-refractivity contribution is 0.0888. The molecule has 1 saturated carbocycles. The van der Waals surface area contributed by atoms with Crippen molar-refractivity contribution >= 4 is 23.6 Å². The van der Waals surface area contributed by atoms with Gasteiger partial charge < -0.3 is 20.5 Å². The molecule has 0 saturated heterocycles. The molecule has 36 heavy (non-hydrogen) atoms. The van der Waals surface area contributed by atoms with Gasteiger partial charge in [0, 0.05) is 17.0 Å². The van der Waals surface area contributed by atoms with Gasteiger partial charge in [-0.15, -0.1) is 11.8 Å². The first-order valence-corrected chi connectivity index (χ1v) is 12.9. The highest BCUT2D eigenvalue weighted by molar-refractivity contribution is 7.98. The van der Waals surface area contributed by atoms with Gasteiger partial charge in [0.05, 0.1) is 11.8 Å². The Morgan fingerprint density at radius 1 is 1.00 bits per heavy atom. The van der Waals surface area contributed by atoms with Crippen LogP contribution in [0.25, 0.3) is 0 Å². The SMILES string of the molecule is CSc1cccc(Oc2ncc(F)cc2C(=O)NC2CCC(NC(=O)c3ccc(C)cc3O)CC2)c1. The molecule has 9 heteroatoms. The van der Waals surface area contributed by atoms with Crippen LogP contribution in [0.2, 0.25) is 0 Å². The number of pyridine rings is 1. The number of amides is 2. The predicted molar refractivity (Wildman–Crippen MR) is 136 cm³/mol. The smallest absolute Gasteiger partial charge is 0.257 e. The fraction of sp³-hybridized carbons (Fsp3) is 0.296. The number of phenolic OH excluding ortho intramolecular Hbond substituents is 1. The molecule has 0 bridgehead atoms. The number of aryl methyl sites for hydroxylation is 1. The summed E-state index contributed by atoms with van der Waals surface area (Å²) in [5.74, 6) is -0.920. The molecular formula is C27H28FN3O4S. The van der Waals surface area contributed by atoms with Gasteiger partial charge in [0.1, 0.15) is 22.9 Å². The Kier molecular flexibility index (Phi) is 8.10. The molecule has 7 nitrogen and oxygen atoms in total. The molecule has 1 aliphatic carbocycles. The summed E-state index contributed by atoms with van der Waals surface area (Å²) in [6.07, 6.45) is 5.58. The van der Waals surface area contributed by atoms with Gasteiger partial charge in [-0.3, -0.25) is 9.59 Å². The summed E-state index contributed by atoms with van der Waals surface area (Å²) in [5.41, 5.74) is 1.14. The number of hydrogen-bond donors (Lipinski definition) is 3. The molecule has 1 fully saturated rings. The third-order valence-electron chi connectivity index (χ3n) is 6.11. The number of hydrogen-bond acceptors (Lipinski definition) is 6. The van der Waals surface area contributed by atoms with E-state index in [1.807, 2.05) is 31.4 Å². The minimum atomic E-state index is -0.629. The van der Waals surface area contributed by atoms with Gasteiger partial charge in [0.25, 0.3) is 11.8 Å². The summed E-state index contributed by atoms with van der Waals surface area (Å²) in [4.78, 5) is 30.5. The highest BCUT2D eigenvalue weighted by atomic mass is 32.2. The molecular weight excluding hydrogens is 481 g/mol. The quantitative estimate of drug-likeness (QED) is 0.378. The second kappa shape index (κ2) is 11.4. The van der Waals surface area contributed by atoms with E-state index in [1.54, 1.807) is 36.0 Å². The average molecular weight is 510 g/mol. The van der Waals surface area contributed by atoms with Gasteiger partial charge >= 0.3 is 0 Å². The van der Waals surface area contributed by atoms with Crippen LogP contribution < -0.4 is 15.4 Å². The molecule has 4 rings (SSSR count). The molecule has 0 radical (unpaired) electrons. The van der Waals surface area contributed by atoms with E-state index in [-0.39, 0.29) is 40.7 Å². The van der Waals surface area contributed by atoms with E-state index in [4.69, 9.17) is 4.74 Å². The van der Waals surface area contributed by atoms with Crippen molar-refractivity contribution in [1.29, 1.82) is 0 Å². The van der Waals surface area contributed by atoms with Crippen LogP contribution >= 0.6 is 11.8 Å². The van der Waals surface area contributed by atoms with Crippen LogP contribution in [-0.2, 0) is 0 Å². The molecule has 0 spiro atoms. The third kappa shape index (κ3) is 6.34. The first-order chi connectivity index (χ1) is 17.3. The van der Waals surface area contributed by atoms with Gasteiger partial charge in [-0.05, 0) is 80.8 Å². The van der Waals surface area contributed by atoms with Crippen molar-refractivity contribution < 1.29 is 23.8 Å². The zero-order valence-electron chi connectivity index (χ0n) is 20.1. The summed E-state index contributed by atoms with van der Waals surface area (Å²) in [6.45, 7) is 1.84. The molecule has 0 aliphatic heterocycles. The van der Waals surface area contributed by atoms with E-state index < -0.39 is 11.7 Å². The Morgan fingerprint density at radius 3 is 2.31 bits per heavy atom. The van der Waals surface area contributed by atoms with Crippen LogP contribution in [0.15, 0.2) is 59.6 Å². The lowest BCUT2D eigenvalue weighted by Crippen LogP contribution is -2.43. The largest absolute Gasteiger partial charge is 0.507 e. The summed E-state index contributed by atoms with van der Waals surface area (Å²) < 4.78 is 19.8. The molecule has 0 atom stereocenters. The number of phenols is 1. The Morgan fingerprint density at radius 2 is 1.67 bits per heavy atom. The van der Waals surface area contributed by atoms with E-state index >= 15 is 0 Å². The van der Waals surface area contributed by atoms with Gasteiger partial charge in [0.2, 0.25) is 5.88 Å². The number of rotatable bonds is 7. The summed E-state index contributed by atoms with van der Waals surface area (Å²) in [6, 6.07) is 13.2. The zero-order valence-corrected chi connectivity index (χ0v) is 20.9. The molecule has 2 aromatic carbocycles. The number of carbonyl (C=O) groups excluding carboxylic acids is 2. The predicted octanol–water partition coefficient (Wildman–Crippen LogP) is 5.22. The van der Waals surface area contributed by atoms with Crippen molar-refractivity contribution in [2.45, 2.75) is 49.6 Å². The summed E-state index contributed by atoms with van der Waals surface area (Å²) >= 11 is 1.56.